The van der Waals surface area contributed by atoms with Gasteiger partial charge in [0.25, 0.3) is 5.76 Å². The van der Waals surface area contributed by atoms with Gasteiger partial charge in [-0.2, -0.15) is 13.2 Å². The van der Waals surface area contributed by atoms with Crippen molar-refractivity contribution >= 4 is 22.9 Å². The van der Waals surface area contributed by atoms with Crippen LogP contribution in [-0.4, -0.2) is 25.8 Å². The van der Waals surface area contributed by atoms with Crippen LogP contribution in [0.1, 0.15) is 26.5 Å². The standard InChI is InChI=1S/C26H15F3O9/c1-33-24(31)13-2-5-15(6-3-13)36-22-21(30)17-8-7-16(11-19(17)38-23(22)26(27,28)29)37-25(32)14-4-9-18-20(10-14)35-12-34-18/h2-11H,12H2,1H3. The van der Waals surface area contributed by atoms with E-state index in [9.17, 15) is 27.6 Å². The third-order valence-corrected chi connectivity index (χ3v) is 5.39. The van der Waals surface area contributed by atoms with Crippen LogP contribution in [0.15, 0.2) is 69.9 Å². The molecule has 0 amide bonds. The van der Waals surface area contributed by atoms with E-state index in [1.165, 1.54) is 55.6 Å². The number of hydrogen-bond donors (Lipinski definition) is 0. The average molecular weight is 528 g/mol. The molecule has 0 unspecified atom stereocenters. The van der Waals surface area contributed by atoms with Crippen molar-refractivity contribution in [3.8, 4) is 28.7 Å². The van der Waals surface area contributed by atoms with Crippen LogP contribution in [0.3, 0.4) is 0 Å². The normalized spacial score (nSPS) is 12.3. The molecule has 0 atom stereocenters. The van der Waals surface area contributed by atoms with Crippen LogP contribution in [0.4, 0.5) is 13.2 Å². The molecule has 1 aromatic heterocycles. The van der Waals surface area contributed by atoms with E-state index in [1.54, 1.807) is 0 Å². The van der Waals surface area contributed by atoms with Gasteiger partial charge in [-0.25, -0.2) is 9.59 Å². The minimum Gasteiger partial charge on any atom is -0.465 e. The summed E-state index contributed by atoms with van der Waals surface area (Å²) in [6, 6.07) is 12.6. The van der Waals surface area contributed by atoms with Gasteiger partial charge in [0, 0.05) is 6.07 Å². The molecule has 0 fully saturated rings. The van der Waals surface area contributed by atoms with Gasteiger partial charge in [-0.3, -0.25) is 4.79 Å². The lowest BCUT2D eigenvalue weighted by Gasteiger charge is -2.14. The smallest absolute Gasteiger partial charge is 0.453 e. The predicted octanol–water partition coefficient (Wildman–Crippen LogP) is 5.34. The molecule has 1 aliphatic rings. The lowest BCUT2D eigenvalue weighted by molar-refractivity contribution is -0.154. The van der Waals surface area contributed by atoms with E-state index in [4.69, 9.17) is 23.4 Å². The van der Waals surface area contributed by atoms with Crippen molar-refractivity contribution in [1.29, 1.82) is 0 Å². The highest BCUT2D eigenvalue weighted by Gasteiger charge is 2.40. The molecule has 0 saturated carbocycles. The number of carbonyl (C=O) groups excluding carboxylic acids is 2. The van der Waals surface area contributed by atoms with Crippen molar-refractivity contribution in [2.45, 2.75) is 6.18 Å². The molecule has 0 radical (unpaired) electrons. The van der Waals surface area contributed by atoms with Gasteiger partial charge in [0.15, 0.2) is 11.5 Å². The van der Waals surface area contributed by atoms with E-state index in [0.29, 0.717) is 11.5 Å². The summed E-state index contributed by atoms with van der Waals surface area (Å²) in [5.74, 6) is -3.79. The zero-order chi connectivity index (χ0) is 27.0. The molecule has 4 aromatic rings. The van der Waals surface area contributed by atoms with Gasteiger partial charge in [-0.05, 0) is 54.6 Å². The fraction of sp³-hybridized carbons (Fsp3) is 0.115. The molecule has 3 aromatic carbocycles. The average Bonchev–Trinajstić information content (AvgIpc) is 3.37. The Morgan fingerprint density at radius 2 is 1.53 bits per heavy atom. The van der Waals surface area contributed by atoms with Gasteiger partial charge in [0.1, 0.15) is 17.1 Å². The van der Waals surface area contributed by atoms with Gasteiger partial charge in [-0.15, -0.1) is 0 Å². The van der Waals surface area contributed by atoms with Gasteiger partial charge in [-0.1, -0.05) is 0 Å². The quantitative estimate of drug-likeness (QED) is 0.250. The summed E-state index contributed by atoms with van der Waals surface area (Å²) in [6.45, 7) is 0.00356. The van der Waals surface area contributed by atoms with E-state index in [-0.39, 0.29) is 34.8 Å². The molecule has 38 heavy (non-hydrogen) atoms. The first-order valence-electron chi connectivity index (χ1n) is 10.8. The lowest BCUT2D eigenvalue weighted by atomic mass is 10.2. The number of halogens is 3. The van der Waals surface area contributed by atoms with Crippen LogP contribution in [-0.2, 0) is 10.9 Å². The summed E-state index contributed by atoms with van der Waals surface area (Å²) < 4.78 is 72.0. The number of alkyl halides is 3. The Morgan fingerprint density at radius 3 is 2.24 bits per heavy atom. The molecule has 0 N–H and O–H groups in total. The molecule has 12 heteroatoms. The lowest BCUT2D eigenvalue weighted by Crippen LogP contribution is -2.15. The molecule has 0 aliphatic carbocycles. The molecular formula is C26H15F3O9. The Labute approximate surface area is 210 Å². The fourth-order valence-corrected chi connectivity index (χ4v) is 3.58. The number of carbonyl (C=O) groups is 2. The van der Waals surface area contributed by atoms with Gasteiger partial charge in [0.05, 0.1) is 23.6 Å². The van der Waals surface area contributed by atoms with Gasteiger partial charge < -0.3 is 28.1 Å². The number of rotatable bonds is 5. The molecule has 1 aliphatic heterocycles. The Kier molecular flexibility index (Phi) is 6.15. The summed E-state index contributed by atoms with van der Waals surface area (Å²) in [4.78, 5) is 37.1. The molecule has 0 saturated heterocycles. The number of fused-ring (bicyclic) bond motifs is 2. The van der Waals surface area contributed by atoms with E-state index in [2.05, 4.69) is 4.74 Å². The monoisotopic (exact) mass is 528 g/mol. The highest BCUT2D eigenvalue weighted by atomic mass is 19.4. The van der Waals surface area contributed by atoms with Crippen molar-refractivity contribution in [2.75, 3.05) is 13.9 Å². The zero-order valence-corrected chi connectivity index (χ0v) is 19.3. The van der Waals surface area contributed by atoms with Crippen LogP contribution >= 0.6 is 0 Å². The first-order chi connectivity index (χ1) is 18.1. The second-order valence-corrected chi connectivity index (χ2v) is 7.82. The van der Waals surface area contributed by atoms with Crippen LogP contribution in [0, 0.1) is 0 Å². The van der Waals surface area contributed by atoms with Crippen LogP contribution in [0.2, 0.25) is 0 Å². The number of ether oxygens (including phenoxy) is 5. The Balaban J connectivity index is 1.47. The summed E-state index contributed by atoms with van der Waals surface area (Å²) in [7, 11) is 1.17. The van der Waals surface area contributed by atoms with E-state index in [1.807, 2.05) is 0 Å². The van der Waals surface area contributed by atoms with Crippen LogP contribution < -0.4 is 24.4 Å². The maximum absolute atomic E-state index is 13.8. The van der Waals surface area contributed by atoms with E-state index in [0.717, 1.165) is 12.1 Å². The Morgan fingerprint density at radius 1 is 0.842 bits per heavy atom. The third kappa shape index (κ3) is 4.71. The topological polar surface area (TPSA) is 110 Å². The van der Waals surface area contributed by atoms with E-state index >= 15 is 0 Å². The molecular weight excluding hydrogens is 513 g/mol. The highest BCUT2D eigenvalue weighted by Crippen LogP contribution is 2.39. The van der Waals surface area contributed by atoms with Crippen LogP contribution in [0.5, 0.6) is 28.7 Å². The number of esters is 2. The minimum absolute atomic E-state index is 0.00356. The molecule has 194 valence electrons. The maximum Gasteiger partial charge on any atom is 0.453 e. The number of hydrogen-bond acceptors (Lipinski definition) is 9. The second-order valence-electron chi connectivity index (χ2n) is 7.82. The molecule has 5 rings (SSSR count). The molecule has 0 spiro atoms. The molecule has 0 bridgehead atoms. The SMILES string of the molecule is COC(=O)c1ccc(Oc2c(C(F)(F)F)oc3cc(OC(=O)c4ccc5c(c4)OCO5)ccc3c2=O)cc1. The zero-order valence-electron chi connectivity index (χ0n) is 19.3. The van der Waals surface area contributed by atoms with Crippen molar-refractivity contribution in [1.82, 2.24) is 0 Å². The summed E-state index contributed by atoms with van der Waals surface area (Å²) in [6.07, 6.45) is -5.10. The molecule has 9 nitrogen and oxygen atoms in total. The maximum atomic E-state index is 13.8. The van der Waals surface area contributed by atoms with Crippen LogP contribution in [0.25, 0.3) is 11.0 Å². The van der Waals surface area contributed by atoms with E-state index < -0.39 is 40.6 Å². The summed E-state index contributed by atoms with van der Waals surface area (Å²) in [5.41, 5.74) is -1.35. The largest absolute Gasteiger partial charge is 0.465 e. The first kappa shape index (κ1) is 24.7. The highest BCUT2D eigenvalue weighted by molar-refractivity contribution is 5.92. The van der Waals surface area contributed by atoms with Crippen molar-refractivity contribution in [3.05, 3.63) is 87.8 Å². The third-order valence-electron chi connectivity index (χ3n) is 5.39. The Hall–Kier alpha value is -5.00. The summed E-state index contributed by atoms with van der Waals surface area (Å²) >= 11 is 0. The minimum atomic E-state index is -5.10. The van der Waals surface area contributed by atoms with Crippen molar-refractivity contribution in [3.63, 3.8) is 0 Å². The van der Waals surface area contributed by atoms with Crippen molar-refractivity contribution in [2.24, 2.45) is 0 Å². The second kappa shape index (κ2) is 9.47. The fourth-order valence-electron chi connectivity index (χ4n) is 3.58. The predicted molar refractivity (Wildman–Crippen MR) is 123 cm³/mol. The first-order valence-corrected chi connectivity index (χ1v) is 10.8. The van der Waals surface area contributed by atoms with Gasteiger partial charge >= 0.3 is 18.1 Å². The summed E-state index contributed by atoms with van der Waals surface area (Å²) in [5, 5.41) is -0.248. The molecule has 2 heterocycles. The number of benzene rings is 3. The Bertz CT molecular complexity index is 1620. The van der Waals surface area contributed by atoms with Gasteiger partial charge in [0.2, 0.25) is 18.0 Å². The van der Waals surface area contributed by atoms with Crippen molar-refractivity contribution < 1.29 is 50.9 Å². The number of methoxy groups -OCH3 is 1.